The SMILES string of the molecule is O=S1C2CCC1CC(O)(c1cnc(N3CCCC3)nc1)C2. The first kappa shape index (κ1) is 13.6. The molecule has 3 aliphatic heterocycles. The van der Waals surface area contributed by atoms with Crippen molar-refractivity contribution < 1.29 is 9.32 Å². The molecule has 0 spiro atoms. The number of hydrogen-bond donors (Lipinski definition) is 1. The predicted molar refractivity (Wildman–Crippen MR) is 81.6 cm³/mol. The van der Waals surface area contributed by atoms with Gasteiger partial charge in [0.25, 0.3) is 0 Å². The molecule has 3 fully saturated rings. The minimum absolute atomic E-state index is 0.145. The van der Waals surface area contributed by atoms with Gasteiger partial charge in [0.05, 0.1) is 5.60 Å². The highest BCUT2D eigenvalue weighted by atomic mass is 32.2. The molecular formula is C15H21N3O2S. The van der Waals surface area contributed by atoms with Crippen LogP contribution in [-0.2, 0) is 16.4 Å². The summed E-state index contributed by atoms with van der Waals surface area (Å²) in [6.45, 7) is 2.04. The Kier molecular flexibility index (Phi) is 3.26. The van der Waals surface area contributed by atoms with Crippen LogP contribution in [0, 0.1) is 0 Å². The Labute approximate surface area is 127 Å². The third-order valence-corrected chi connectivity index (χ3v) is 7.28. The Balaban J connectivity index is 1.57. The van der Waals surface area contributed by atoms with Crippen LogP contribution in [0.1, 0.15) is 44.1 Å². The summed E-state index contributed by atoms with van der Waals surface area (Å²) in [5, 5.41) is 11.3. The number of rotatable bonds is 2. The molecule has 21 heavy (non-hydrogen) atoms. The van der Waals surface area contributed by atoms with Gasteiger partial charge in [-0.1, -0.05) is 0 Å². The lowest BCUT2D eigenvalue weighted by molar-refractivity contribution is 0.0178. The molecule has 0 saturated carbocycles. The molecule has 0 radical (unpaired) electrons. The van der Waals surface area contributed by atoms with E-state index in [1.54, 1.807) is 12.4 Å². The molecule has 0 aliphatic carbocycles. The Morgan fingerprint density at radius 3 is 2.29 bits per heavy atom. The quantitative estimate of drug-likeness (QED) is 0.893. The van der Waals surface area contributed by atoms with Crippen LogP contribution in [0.3, 0.4) is 0 Å². The predicted octanol–water partition coefficient (Wildman–Crippen LogP) is 1.34. The molecule has 1 N–H and O–H groups in total. The highest BCUT2D eigenvalue weighted by Crippen LogP contribution is 2.45. The molecule has 0 amide bonds. The van der Waals surface area contributed by atoms with E-state index in [0.717, 1.165) is 37.4 Å². The summed E-state index contributed by atoms with van der Waals surface area (Å²) in [6.07, 6.45) is 9.07. The van der Waals surface area contributed by atoms with Gasteiger partial charge >= 0.3 is 0 Å². The zero-order valence-corrected chi connectivity index (χ0v) is 12.9. The number of aliphatic hydroxyl groups is 1. The average molecular weight is 307 g/mol. The molecule has 6 heteroatoms. The lowest BCUT2D eigenvalue weighted by Crippen LogP contribution is -2.40. The maximum absolute atomic E-state index is 12.1. The van der Waals surface area contributed by atoms with Crippen molar-refractivity contribution in [2.24, 2.45) is 0 Å². The smallest absolute Gasteiger partial charge is 0.225 e. The highest BCUT2D eigenvalue weighted by Gasteiger charge is 2.48. The van der Waals surface area contributed by atoms with Gasteiger partial charge in [-0.3, -0.25) is 4.21 Å². The summed E-state index contributed by atoms with van der Waals surface area (Å²) in [7, 11) is -0.754. The lowest BCUT2D eigenvalue weighted by atomic mass is 9.88. The molecule has 2 atom stereocenters. The fraction of sp³-hybridized carbons (Fsp3) is 0.733. The fourth-order valence-electron chi connectivity index (χ4n) is 3.96. The van der Waals surface area contributed by atoms with Crippen molar-refractivity contribution in [2.75, 3.05) is 18.0 Å². The number of anilines is 1. The third-order valence-electron chi connectivity index (χ3n) is 5.16. The molecule has 2 unspecified atom stereocenters. The Morgan fingerprint density at radius 2 is 1.71 bits per heavy atom. The van der Waals surface area contributed by atoms with Crippen molar-refractivity contribution in [3.63, 3.8) is 0 Å². The second kappa shape index (κ2) is 5.02. The van der Waals surface area contributed by atoms with Gasteiger partial charge < -0.3 is 10.0 Å². The topological polar surface area (TPSA) is 66.3 Å². The zero-order chi connectivity index (χ0) is 14.4. The van der Waals surface area contributed by atoms with E-state index in [4.69, 9.17) is 0 Å². The van der Waals surface area contributed by atoms with E-state index in [0.29, 0.717) is 12.8 Å². The van der Waals surface area contributed by atoms with Crippen LogP contribution in [0.15, 0.2) is 12.4 Å². The number of nitrogens with zero attached hydrogens (tertiary/aromatic N) is 3. The van der Waals surface area contributed by atoms with Crippen molar-refractivity contribution in [1.29, 1.82) is 0 Å². The molecule has 2 bridgehead atoms. The van der Waals surface area contributed by atoms with E-state index in [2.05, 4.69) is 14.9 Å². The average Bonchev–Trinajstić information content (AvgIpc) is 3.09. The summed E-state index contributed by atoms with van der Waals surface area (Å²) in [4.78, 5) is 11.1. The standard InChI is InChI=1S/C15H21N3O2S/c19-15(7-12-3-4-13(8-15)21(12)20)11-9-16-14(17-10-11)18-5-1-2-6-18/h9-10,12-13,19H,1-8H2. The van der Waals surface area contributed by atoms with Crippen molar-refractivity contribution in [3.05, 3.63) is 18.0 Å². The van der Waals surface area contributed by atoms with Gasteiger partial charge in [-0.2, -0.15) is 0 Å². The number of hydrogen-bond acceptors (Lipinski definition) is 5. The van der Waals surface area contributed by atoms with Gasteiger partial charge in [0.1, 0.15) is 0 Å². The van der Waals surface area contributed by atoms with Crippen LogP contribution in [-0.4, -0.2) is 42.9 Å². The maximum Gasteiger partial charge on any atom is 0.225 e. The van der Waals surface area contributed by atoms with Gasteiger partial charge in [-0.05, 0) is 38.5 Å². The van der Waals surface area contributed by atoms with Crippen molar-refractivity contribution >= 4 is 16.7 Å². The number of fused-ring (bicyclic) bond motifs is 2. The van der Waals surface area contributed by atoms with Crippen molar-refractivity contribution in [2.45, 2.75) is 54.6 Å². The summed E-state index contributed by atoms with van der Waals surface area (Å²) in [5.74, 6) is 0.766. The van der Waals surface area contributed by atoms with Crippen molar-refractivity contribution in [3.8, 4) is 0 Å². The molecule has 5 nitrogen and oxygen atoms in total. The van der Waals surface area contributed by atoms with Gasteiger partial charge in [0, 0.05) is 52.3 Å². The first-order valence-electron chi connectivity index (χ1n) is 7.85. The van der Waals surface area contributed by atoms with Crippen LogP contribution < -0.4 is 4.90 Å². The van der Waals surface area contributed by atoms with Crippen LogP contribution in [0.25, 0.3) is 0 Å². The minimum atomic E-state index is -0.886. The van der Waals surface area contributed by atoms with Gasteiger partial charge in [-0.15, -0.1) is 0 Å². The van der Waals surface area contributed by atoms with E-state index in [1.165, 1.54) is 12.8 Å². The third kappa shape index (κ3) is 2.28. The van der Waals surface area contributed by atoms with Gasteiger partial charge in [0.15, 0.2) is 0 Å². The summed E-state index contributed by atoms with van der Waals surface area (Å²) >= 11 is 0. The van der Waals surface area contributed by atoms with E-state index in [1.807, 2.05) is 0 Å². The Hall–Kier alpha value is -1.01. The first-order chi connectivity index (χ1) is 10.2. The molecule has 0 aromatic carbocycles. The molecule has 3 aliphatic rings. The van der Waals surface area contributed by atoms with E-state index in [-0.39, 0.29) is 10.5 Å². The lowest BCUT2D eigenvalue weighted by Gasteiger charge is -2.35. The van der Waals surface area contributed by atoms with Crippen LogP contribution >= 0.6 is 0 Å². The molecular weight excluding hydrogens is 286 g/mol. The highest BCUT2D eigenvalue weighted by molar-refractivity contribution is 7.86. The Bertz CT molecular complexity index is 541. The van der Waals surface area contributed by atoms with Crippen LogP contribution in [0.5, 0.6) is 0 Å². The van der Waals surface area contributed by atoms with Crippen LogP contribution in [0.4, 0.5) is 5.95 Å². The van der Waals surface area contributed by atoms with Crippen molar-refractivity contribution in [1.82, 2.24) is 9.97 Å². The summed E-state index contributed by atoms with van der Waals surface area (Å²) in [5.41, 5.74) is -0.0948. The van der Waals surface area contributed by atoms with E-state index < -0.39 is 16.4 Å². The molecule has 4 rings (SSSR count). The molecule has 1 aromatic heterocycles. The second-order valence-electron chi connectivity index (χ2n) is 6.56. The summed E-state index contributed by atoms with van der Waals surface area (Å²) in [6, 6.07) is 0. The zero-order valence-electron chi connectivity index (χ0n) is 12.1. The second-order valence-corrected chi connectivity index (χ2v) is 8.55. The van der Waals surface area contributed by atoms with E-state index in [9.17, 15) is 9.32 Å². The largest absolute Gasteiger partial charge is 0.385 e. The Morgan fingerprint density at radius 1 is 1.14 bits per heavy atom. The maximum atomic E-state index is 12.1. The number of aromatic nitrogens is 2. The summed E-state index contributed by atoms with van der Waals surface area (Å²) < 4.78 is 12.1. The normalized spacial score (nSPS) is 38.9. The fourth-order valence-corrected chi connectivity index (χ4v) is 6.12. The monoisotopic (exact) mass is 307 g/mol. The molecule has 114 valence electrons. The van der Waals surface area contributed by atoms with E-state index >= 15 is 0 Å². The van der Waals surface area contributed by atoms with Gasteiger partial charge in [0.2, 0.25) is 5.95 Å². The first-order valence-corrected chi connectivity index (χ1v) is 9.12. The van der Waals surface area contributed by atoms with Crippen LogP contribution in [0.2, 0.25) is 0 Å². The molecule has 3 saturated heterocycles. The molecule has 4 heterocycles. The van der Waals surface area contributed by atoms with Gasteiger partial charge in [-0.25, -0.2) is 9.97 Å². The molecule has 1 aromatic rings. The minimum Gasteiger partial charge on any atom is -0.385 e.